The van der Waals surface area contributed by atoms with Crippen LogP contribution in [0.4, 0.5) is 0 Å². The number of hydrogen-bond acceptors (Lipinski definition) is 3. The first-order valence-electron chi connectivity index (χ1n) is 6.27. The van der Waals surface area contributed by atoms with Gasteiger partial charge in [-0.3, -0.25) is 0 Å². The molecule has 0 aromatic carbocycles. The minimum atomic E-state index is -2.22. The van der Waals surface area contributed by atoms with Crippen molar-refractivity contribution in [3.05, 3.63) is 12.3 Å². The van der Waals surface area contributed by atoms with Crippen molar-refractivity contribution < 1.29 is 14.3 Å². The summed E-state index contributed by atoms with van der Waals surface area (Å²) in [5.41, 5.74) is 0. The van der Waals surface area contributed by atoms with Gasteiger partial charge in [0, 0.05) is 0 Å². The van der Waals surface area contributed by atoms with E-state index in [1.54, 1.807) is 0 Å². The summed E-state index contributed by atoms with van der Waals surface area (Å²) in [6.07, 6.45) is 14.7. The second kappa shape index (κ2) is 13.0. The molecule has 0 aliphatic heterocycles. The summed E-state index contributed by atoms with van der Waals surface area (Å²) in [6, 6.07) is 0. The summed E-state index contributed by atoms with van der Waals surface area (Å²) in [6.45, 7) is 2.24. The molecule has 0 aromatic heterocycles. The van der Waals surface area contributed by atoms with Crippen LogP contribution < -0.4 is 0 Å². The predicted octanol–water partition coefficient (Wildman–Crippen LogP) is 4.26. The van der Waals surface area contributed by atoms with Crippen molar-refractivity contribution in [2.75, 3.05) is 0 Å². The van der Waals surface area contributed by atoms with Gasteiger partial charge < -0.3 is 14.3 Å². The van der Waals surface area contributed by atoms with E-state index in [9.17, 15) is 0 Å². The van der Waals surface area contributed by atoms with Crippen molar-refractivity contribution in [1.82, 2.24) is 0 Å². The highest BCUT2D eigenvalue weighted by molar-refractivity contribution is 7.39. The van der Waals surface area contributed by atoms with Gasteiger partial charge in [0.15, 0.2) is 0 Å². The van der Waals surface area contributed by atoms with Crippen LogP contribution in [-0.4, -0.2) is 9.79 Å². The molecule has 2 N–H and O–H groups in total. The molecule has 0 amide bonds. The molecule has 3 nitrogen and oxygen atoms in total. The highest BCUT2D eigenvalue weighted by atomic mass is 31.2. The van der Waals surface area contributed by atoms with Crippen LogP contribution in [0, 0.1) is 0 Å². The second-order valence-corrected chi connectivity index (χ2v) is 4.71. The molecule has 0 fully saturated rings. The van der Waals surface area contributed by atoms with E-state index in [1.807, 2.05) is 6.08 Å². The zero-order valence-corrected chi connectivity index (χ0v) is 11.2. The van der Waals surface area contributed by atoms with Gasteiger partial charge in [-0.15, -0.1) is 0 Å². The van der Waals surface area contributed by atoms with Crippen molar-refractivity contribution in [2.24, 2.45) is 0 Å². The fourth-order valence-corrected chi connectivity index (χ4v) is 1.76. The monoisotopic (exact) mass is 248 g/mol. The largest absolute Gasteiger partial charge is 0.435 e. The number of allylic oxidation sites excluding steroid dienone is 1. The van der Waals surface area contributed by atoms with E-state index in [-0.39, 0.29) is 0 Å². The van der Waals surface area contributed by atoms with Gasteiger partial charge in [-0.05, 0) is 18.9 Å². The Balaban J connectivity index is 3.01. The first-order chi connectivity index (χ1) is 7.77. The molecule has 0 heterocycles. The highest BCUT2D eigenvalue weighted by Gasteiger charge is 1.93. The van der Waals surface area contributed by atoms with Crippen LogP contribution in [0.3, 0.4) is 0 Å². The molecule has 0 saturated heterocycles. The molecule has 0 spiro atoms. The van der Waals surface area contributed by atoms with Crippen LogP contribution >= 0.6 is 8.60 Å². The highest BCUT2D eigenvalue weighted by Crippen LogP contribution is 2.24. The zero-order valence-electron chi connectivity index (χ0n) is 10.3. The average Bonchev–Trinajstić information content (AvgIpc) is 2.25. The van der Waals surface area contributed by atoms with Crippen molar-refractivity contribution in [1.29, 1.82) is 0 Å². The lowest BCUT2D eigenvalue weighted by atomic mass is 10.1. The van der Waals surface area contributed by atoms with Gasteiger partial charge in [-0.1, -0.05) is 51.9 Å². The fourth-order valence-electron chi connectivity index (χ4n) is 1.56. The van der Waals surface area contributed by atoms with E-state index in [0.29, 0.717) is 0 Å². The SMILES string of the molecule is CCCCCCCCCCC=COP(O)O. The van der Waals surface area contributed by atoms with Crippen LogP contribution in [0.1, 0.15) is 64.7 Å². The summed E-state index contributed by atoms with van der Waals surface area (Å²) in [5.74, 6) is 0. The van der Waals surface area contributed by atoms with Crippen LogP contribution in [0.15, 0.2) is 12.3 Å². The lowest BCUT2D eigenvalue weighted by Gasteiger charge is -2.00. The van der Waals surface area contributed by atoms with Gasteiger partial charge in [0.2, 0.25) is 0 Å². The average molecular weight is 248 g/mol. The maximum Gasteiger partial charge on any atom is 0.390 e. The second-order valence-electron chi connectivity index (χ2n) is 3.99. The van der Waals surface area contributed by atoms with Crippen molar-refractivity contribution in [2.45, 2.75) is 64.7 Å². The lowest BCUT2D eigenvalue weighted by Crippen LogP contribution is -1.80. The molecular weight excluding hydrogens is 223 g/mol. The Morgan fingerprint density at radius 3 is 2.06 bits per heavy atom. The summed E-state index contributed by atoms with van der Waals surface area (Å²) >= 11 is 0. The molecule has 0 atom stereocenters. The molecule has 16 heavy (non-hydrogen) atoms. The van der Waals surface area contributed by atoms with Gasteiger partial charge in [-0.25, -0.2) is 0 Å². The van der Waals surface area contributed by atoms with Gasteiger partial charge >= 0.3 is 8.60 Å². The molecule has 0 aliphatic carbocycles. The molecule has 96 valence electrons. The van der Waals surface area contributed by atoms with E-state index in [1.165, 1.54) is 51.2 Å². The molecule has 4 heteroatoms. The summed E-state index contributed by atoms with van der Waals surface area (Å²) in [5, 5.41) is 0. The van der Waals surface area contributed by atoms with Crippen molar-refractivity contribution >= 4 is 8.60 Å². The number of rotatable bonds is 11. The lowest BCUT2D eigenvalue weighted by molar-refractivity contribution is 0.341. The van der Waals surface area contributed by atoms with Gasteiger partial charge in [0.25, 0.3) is 0 Å². The third-order valence-corrected chi connectivity index (χ3v) is 2.79. The summed E-state index contributed by atoms with van der Waals surface area (Å²) in [7, 11) is -2.22. The maximum absolute atomic E-state index is 8.44. The van der Waals surface area contributed by atoms with Crippen LogP contribution in [0.2, 0.25) is 0 Å². The molecule has 0 radical (unpaired) electrons. The zero-order chi connectivity index (χ0) is 12.1. The smallest absolute Gasteiger partial charge is 0.390 e. The predicted molar refractivity (Wildman–Crippen MR) is 68.8 cm³/mol. The van der Waals surface area contributed by atoms with Gasteiger partial charge in [0.1, 0.15) is 0 Å². The number of hydrogen-bond donors (Lipinski definition) is 2. The molecule has 0 aromatic rings. The third kappa shape index (κ3) is 13.9. The van der Waals surface area contributed by atoms with E-state index < -0.39 is 8.60 Å². The van der Waals surface area contributed by atoms with Gasteiger partial charge in [-0.2, -0.15) is 0 Å². The molecular formula is C12H25O3P. The Morgan fingerprint density at radius 1 is 0.938 bits per heavy atom. The Hall–Kier alpha value is -0.110. The first kappa shape index (κ1) is 15.9. The topological polar surface area (TPSA) is 49.7 Å². The van der Waals surface area contributed by atoms with Crippen molar-refractivity contribution in [3.63, 3.8) is 0 Å². The fraction of sp³-hybridized carbons (Fsp3) is 0.833. The minimum absolute atomic E-state index is 0.956. The quantitative estimate of drug-likeness (QED) is 0.326. The normalized spacial score (nSPS) is 11.5. The summed E-state index contributed by atoms with van der Waals surface area (Å²) in [4.78, 5) is 16.9. The minimum Gasteiger partial charge on any atom is -0.435 e. The van der Waals surface area contributed by atoms with E-state index in [4.69, 9.17) is 9.79 Å². The number of unbranched alkanes of at least 4 members (excludes halogenated alkanes) is 8. The van der Waals surface area contributed by atoms with Crippen LogP contribution in [-0.2, 0) is 4.52 Å². The Bertz CT molecular complexity index is 160. The Kier molecular flexibility index (Phi) is 12.9. The molecule has 0 bridgehead atoms. The molecule has 0 aliphatic rings. The third-order valence-electron chi connectivity index (χ3n) is 2.48. The van der Waals surface area contributed by atoms with Crippen LogP contribution in [0.5, 0.6) is 0 Å². The molecule has 0 unspecified atom stereocenters. The van der Waals surface area contributed by atoms with Crippen LogP contribution in [0.25, 0.3) is 0 Å². The van der Waals surface area contributed by atoms with Crippen molar-refractivity contribution in [3.8, 4) is 0 Å². The standard InChI is InChI=1S/C12H25O3P/c1-2-3-4-5-6-7-8-9-10-11-12-15-16(13)14/h11-14H,2-10H2,1H3. The van der Waals surface area contributed by atoms with E-state index in [2.05, 4.69) is 11.4 Å². The summed E-state index contributed by atoms with van der Waals surface area (Å²) < 4.78 is 4.51. The van der Waals surface area contributed by atoms with E-state index >= 15 is 0 Å². The maximum atomic E-state index is 8.44. The van der Waals surface area contributed by atoms with Gasteiger partial charge in [0.05, 0.1) is 6.26 Å². The molecule has 0 saturated carbocycles. The molecule has 0 rings (SSSR count). The first-order valence-corrected chi connectivity index (χ1v) is 7.43. The Labute approximate surface area is 101 Å². The van der Waals surface area contributed by atoms with E-state index in [0.717, 1.165) is 12.8 Å². The Morgan fingerprint density at radius 2 is 1.50 bits per heavy atom.